The number of carbonyl (C=O) groups is 3. The molecule has 0 bridgehead atoms. The predicted molar refractivity (Wildman–Crippen MR) is 278 cm³/mol. The third-order valence-electron chi connectivity index (χ3n) is 13.5. The molecule has 2 fully saturated rings. The van der Waals surface area contributed by atoms with Crippen molar-refractivity contribution in [2.24, 2.45) is 5.73 Å². The first-order valence-electron chi connectivity index (χ1n) is 25.4. The Labute approximate surface area is 423 Å². The van der Waals surface area contributed by atoms with Gasteiger partial charge in [-0.1, -0.05) is 24.3 Å². The van der Waals surface area contributed by atoms with Gasteiger partial charge in [-0.15, -0.1) is 0 Å². The van der Waals surface area contributed by atoms with Crippen LogP contribution in [0.5, 0.6) is 5.75 Å². The number of pyridine rings is 2. The van der Waals surface area contributed by atoms with E-state index in [4.69, 9.17) is 34.6 Å². The Kier molecular flexibility index (Phi) is 18.7. The maximum atomic E-state index is 13.7. The van der Waals surface area contributed by atoms with Crippen molar-refractivity contribution >= 4 is 40.0 Å². The summed E-state index contributed by atoms with van der Waals surface area (Å²) in [5.41, 5.74) is 12.6. The van der Waals surface area contributed by atoms with Crippen LogP contribution in [-0.2, 0) is 36.9 Å². The normalized spacial score (nSPS) is 17.0. The number of ether oxygens (including phenoxy) is 4. The zero-order chi connectivity index (χ0) is 51.2. The van der Waals surface area contributed by atoms with Crippen LogP contribution < -0.4 is 15.8 Å². The molecule has 4 atom stereocenters. The second-order valence-corrected chi connectivity index (χ2v) is 19.8. The molecule has 0 unspecified atom stereocenters. The number of hydrogen-bond donors (Lipinski definition) is 2. The highest BCUT2D eigenvalue weighted by atomic mass is 16.6. The maximum absolute atomic E-state index is 13.7. The summed E-state index contributed by atoms with van der Waals surface area (Å²) in [5, 5.41) is 2.88. The number of hydrogen-bond acceptors (Lipinski definition) is 12. The SMILES string of the molecule is COCCCn1c([C@@H]2CCCN(C(=O)C[C@H](N)c3cnccc3C)C2)nc2ccccc21.COCCCn1c([C@@H]2CCCN(C(=O)C[C@H](NC(=O)OC(C)(C)C)c3cnccc3OC)C2)nc2ccccc21. The van der Waals surface area contributed by atoms with Crippen LogP contribution in [0.1, 0.15) is 124 Å². The summed E-state index contributed by atoms with van der Waals surface area (Å²) in [5.74, 6) is 3.01. The van der Waals surface area contributed by atoms with Crippen molar-refractivity contribution in [1.82, 2.24) is 44.2 Å². The number of likely N-dealkylation sites (tertiary alicyclic amines) is 2. The topological polar surface area (TPSA) is 194 Å². The number of aryl methyl sites for hydroxylation is 3. The molecular formula is C55H74N10O7. The third kappa shape index (κ3) is 13.7. The summed E-state index contributed by atoms with van der Waals surface area (Å²) in [6.07, 6.45) is 12.1. The molecule has 4 aromatic heterocycles. The number of aromatic nitrogens is 6. The van der Waals surface area contributed by atoms with Crippen LogP contribution in [0.25, 0.3) is 22.1 Å². The fraction of sp³-hybridized carbons (Fsp3) is 0.509. The molecule has 17 nitrogen and oxygen atoms in total. The van der Waals surface area contributed by atoms with E-state index < -0.39 is 17.7 Å². The van der Waals surface area contributed by atoms with Crippen molar-refractivity contribution in [3.63, 3.8) is 0 Å². The van der Waals surface area contributed by atoms with Gasteiger partial charge in [0.25, 0.3) is 0 Å². The molecular weight excluding hydrogens is 913 g/mol. The molecule has 6 aromatic rings. The molecule has 2 aromatic carbocycles. The van der Waals surface area contributed by atoms with Gasteiger partial charge in [-0.2, -0.15) is 0 Å². The minimum atomic E-state index is -0.674. The molecule has 2 saturated heterocycles. The fourth-order valence-corrected chi connectivity index (χ4v) is 9.97. The lowest BCUT2D eigenvalue weighted by atomic mass is 9.95. The highest BCUT2D eigenvalue weighted by Gasteiger charge is 2.33. The molecule has 0 aliphatic carbocycles. The van der Waals surface area contributed by atoms with Gasteiger partial charge in [0.2, 0.25) is 11.8 Å². The molecule has 17 heteroatoms. The number of fused-ring (bicyclic) bond motifs is 2. The second kappa shape index (κ2) is 25.3. The summed E-state index contributed by atoms with van der Waals surface area (Å²) in [4.78, 5) is 61.8. The number of carbonyl (C=O) groups excluding carboxylic acids is 3. The van der Waals surface area contributed by atoms with Gasteiger partial charge < -0.3 is 48.9 Å². The van der Waals surface area contributed by atoms with Crippen molar-refractivity contribution in [3.05, 3.63) is 114 Å². The standard InChI is InChI=1S/C30H41N5O5.C25H33N5O2/c1-30(2,3)40-29(37)33-24(22-19-31-14-13-26(22)39-5)18-27(36)34-15-8-10-21(20-34)28-32-23-11-6-7-12-25(23)35(28)16-9-17-38-4;1-18-10-11-27-16-20(18)21(26)15-24(31)29-12-5-7-19(17-29)25-28-22-8-3-4-9-23(22)30(25)13-6-14-32-2/h6-7,11-14,19,21,24H,8-10,15-18,20H2,1-5H3,(H,33,37);3-4,8-11,16,19,21H,5-7,12-15,17,26H2,1-2H3/t21-,24+;19-,21+/m11/s1. The van der Waals surface area contributed by atoms with Crippen molar-refractivity contribution < 1.29 is 33.3 Å². The largest absolute Gasteiger partial charge is 0.496 e. The number of benzene rings is 2. The van der Waals surface area contributed by atoms with E-state index in [9.17, 15) is 14.4 Å². The molecule has 0 radical (unpaired) electrons. The zero-order valence-electron chi connectivity index (χ0n) is 43.2. The minimum Gasteiger partial charge on any atom is -0.496 e. The van der Waals surface area contributed by atoms with Gasteiger partial charge in [0.15, 0.2) is 0 Å². The van der Waals surface area contributed by atoms with Crippen LogP contribution in [0.3, 0.4) is 0 Å². The Balaban J connectivity index is 0.000000216. The van der Waals surface area contributed by atoms with E-state index in [1.54, 1.807) is 73.0 Å². The Morgan fingerprint density at radius 1 is 0.722 bits per heavy atom. The van der Waals surface area contributed by atoms with Gasteiger partial charge in [0.1, 0.15) is 23.0 Å². The fourth-order valence-electron chi connectivity index (χ4n) is 9.97. The summed E-state index contributed by atoms with van der Waals surface area (Å²) < 4.78 is 26.2. The number of para-hydroxylation sites is 4. The smallest absolute Gasteiger partial charge is 0.408 e. The van der Waals surface area contributed by atoms with Gasteiger partial charge in [-0.3, -0.25) is 19.6 Å². The van der Waals surface area contributed by atoms with Crippen molar-refractivity contribution in [2.45, 2.75) is 122 Å². The quantitative estimate of drug-likeness (QED) is 0.0783. The Morgan fingerprint density at radius 3 is 1.75 bits per heavy atom. The molecule has 8 rings (SSSR count). The van der Waals surface area contributed by atoms with Gasteiger partial charge >= 0.3 is 6.09 Å². The van der Waals surface area contributed by atoms with E-state index in [0.717, 1.165) is 103 Å². The number of imidazole rings is 2. The van der Waals surface area contributed by atoms with Crippen LogP contribution in [0.4, 0.5) is 4.79 Å². The number of piperidine rings is 2. The first-order valence-corrected chi connectivity index (χ1v) is 25.4. The molecule has 386 valence electrons. The summed E-state index contributed by atoms with van der Waals surface area (Å²) in [7, 11) is 5.00. The third-order valence-corrected chi connectivity index (χ3v) is 13.5. The molecule has 3 amide bonds. The number of nitrogens with two attached hydrogens (primary N) is 1. The van der Waals surface area contributed by atoms with Crippen LogP contribution >= 0.6 is 0 Å². The number of rotatable bonds is 18. The van der Waals surface area contributed by atoms with Crippen LogP contribution in [-0.4, -0.2) is 123 Å². The van der Waals surface area contributed by atoms with E-state index in [0.29, 0.717) is 50.6 Å². The van der Waals surface area contributed by atoms with E-state index in [1.807, 2.05) is 47.1 Å². The lowest BCUT2D eigenvalue weighted by molar-refractivity contribution is -0.133. The highest BCUT2D eigenvalue weighted by Crippen LogP contribution is 2.34. The number of nitrogens with one attached hydrogen (secondary N) is 1. The summed E-state index contributed by atoms with van der Waals surface area (Å²) in [6.45, 7) is 13.1. The molecule has 2 aliphatic heterocycles. The minimum absolute atomic E-state index is 0.0538. The average Bonchev–Trinajstić information content (AvgIpc) is 3.94. The molecule has 0 spiro atoms. The summed E-state index contributed by atoms with van der Waals surface area (Å²) >= 11 is 0. The second-order valence-electron chi connectivity index (χ2n) is 19.8. The molecule has 6 heterocycles. The van der Waals surface area contributed by atoms with E-state index in [2.05, 4.69) is 48.7 Å². The Morgan fingerprint density at radius 2 is 1.24 bits per heavy atom. The van der Waals surface area contributed by atoms with Crippen molar-refractivity contribution in [3.8, 4) is 5.75 Å². The predicted octanol–water partition coefficient (Wildman–Crippen LogP) is 8.41. The number of methoxy groups -OCH3 is 3. The molecule has 3 N–H and O–H groups in total. The monoisotopic (exact) mass is 987 g/mol. The highest BCUT2D eigenvalue weighted by molar-refractivity contribution is 5.80. The molecule has 0 saturated carbocycles. The van der Waals surface area contributed by atoms with Gasteiger partial charge in [0, 0.05) is 121 Å². The maximum Gasteiger partial charge on any atom is 0.408 e. The number of amides is 3. The first-order chi connectivity index (χ1) is 34.8. The Bertz CT molecular complexity index is 2730. The number of nitrogens with zero attached hydrogens (tertiary/aromatic N) is 8. The zero-order valence-corrected chi connectivity index (χ0v) is 43.2. The van der Waals surface area contributed by atoms with Gasteiger partial charge in [-0.05, 0) is 114 Å². The summed E-state index contributed by atoms with van der Waals surface area (Å²) in [6, 6.07) is 19.1. The van der Waals surface area contributed by atoms with E-state index in [1.165, 1.54) is 0 Å². The van der Waals surface area contributed by atoms with Gasteiger partial charge in [0.05, 0.1) is 41.6 Å². The van der Waals surface area contributed by atoms with E-state index >= 15 is 0 Å². The number of alkyl carbamates (subject to hydrolysis) is 1. The molecule has 72 heavy (non-hydrogen) atoms. The Hall–Kier alpha value is -6.43. The van der Waals surface area contributed by atoms with Crippen molar-refractivity contribution in [1.29, 1.82) is 0 Å². The van der Waals surface area contributed by atoms with Crippen LogP contribution in [0, 0.1) is 6.92 Å². The lowest BCUT2D eigenvalue weighted by Gasteiger charge is -2.34. The van der Waals surface area contributed by atoms with E-state index in [-0.39, 0.29) is 36.1 Å². The van der Waals surface area contributed by atoms with Gasteiger partial charge in [-0.25, -0.2) is 14.8 Å². The molecule has 2 aliphatic rings. The average molecular weight is 987 g/mol. The van der Waals surface area contributed by atoms with Crippen LogP contribution in [0.2, 0.25) is 0 Å². The lowest BCUT2D eigenvalue weighted by Crippen LogP contribution is -2.42. The first kappa shape index (κ1) is 53.4. The van der Waals surface area contributed by atoms with Crippen LogP contribution in [0.15, 0.2) is 85.5 Å². The van der Waals surface area contributed by atoms with Crippen molar-refractivity contribution in [2.75, 3.05) is 60.7 Å².